The van der Waals surface area contributed by atoms with E-state index in [9.17, 15) is 4.79 Å². The molecule has 4 nitrogen and oxygen atoms in total. The van der Waals surface area contributed by atoms with E-state index in [1.807, 2.05) is 43.3 Å². The van der Waals surface area contributed by atoms with Gasteiger partial charge in [0.2, 0.25) is 5.91 Å². The monoisotopic (exact) mass is 380 g/mol. The molecule has 0 heterocycles. The van der Waals surface area contributed by atoms with Crippen molar-refractivity contribution in [3.8, 4) is 5.75 Å². The Morgan fingerprint density at radius 1 is 1.21 bits per heavy atom. The van der Waals surface area contributed by atoms with E-state index < -0.39 is 0 Å². The van der Waals surface area contributed by atoms with Crippen molar-refractivity contribution in [1.29, 1.82) is 0 Å². The Kier molecular flexibility index (Phi) is 7.36. The van der Waals surface area contributed by atoms with Gasteiger partial charge in [0.25, 0.3) is 0 Å². The molecule has 2 N–H and O–H groups in total. The molecule has 0 saturated carbocycles. The Labute approximate surface area is 155 Å². The Morgan fingerprint density at radius 3 is 2.62 bits per heavy atom. The third-order valence-electron chi connectivity index (χ3n) is 2.87. The molecular formula is C17H17ClN2O2S2. The van der Waals surface area contributed by atoms with Gasteiger partial charge in [-0.05, 0) is 55.5 Å². The normalized spacial score (nSPS) is 10.1. The van der Waals surface area contributed by atoms with Crippen molar-refractivity contribution in [1.82, 2.24) is 5.32 Å². The van der Waals surface area contributed by atoms with Gasteiger partial charge in [0.15, 0.2) is 5.11 Å². The first-order valence-corrected chi connectivity index (χ1v) is 9.06. The molecule has 2 aromatic carbocycles. The van der Waals surface area contributed by atoms with Gasteiger partial charge >= 0.3 is 0 Å². The average molecular weight is 381 g/mol. The molecule has 2 rings (SSSR count). The lowest BCUT2D eigenvalue weighted by Gasteiger charge is -2.13. The predicted octanol–water partition coefficient (Wildman–Crippen LogP) is 4.34. The van der Waals surface area contributed by atoms with Crippen LogP contribution in [0.4, 0.5) is 5.69 Å². The number of ether oxygens (including phenoxy) is 1. The van der Waals surface area contributed by atoms with Crippen LogP contribution in [-0.2, 0) is 4.79 Å². The van der Waals surface area contributed by atoms with Gasteiger partial charge in [0, 0.05) is 9.92 Å². The van der Waals surface area contributed by atoms with Crippen LogP contribution in [0.3, 0.4) is 0 Å². The fourth-order valence-electron chi connectivity index (χ4n) is 1.85. The molecule has 7 heteroatoms. The molecule has 0 bridgehead atoms. The van der Waals surface area contributed by atoms with E-state index in [0.717, 1.165) is 10.6 Å². The smallest absolute Gasteiger partial charge is 0.236 e. The third-order valence-corrected chi connectivity index (χ3v) is 4.34. The molecule has 0 unspecified atom stereocenters. The van der Waals surface area contributed by atoms with Crippen LogP contribution in [0.15, 0.2) is 53.4 Å². The second kappa shape index (κ2) is 9.52. The Morgan fingerprint density at radius 2 is 1.92 bits per heavy atom. The second-order valence-electron chi connectivity index (χ2n) is 4.67. The molecule has 0 aliphatic heterocycles. The van der Waals surface area contributed by atoms with E-state index in [1.54, 1.807) is 12.1 Å². The topological polar surface area (TPSA) is 50.4 Å². The molecule has 0 saturated heterocycles. The molecule has 24 heavy (non-hydrogen) atoms. The Hall–Kier alpha value is -1.76. The van der Waals surface area contributed by atoms with Crippen molar-refractivity contribution < 1.29 is 9.53 Å². The lowest BCUT2D eigenvalue weighted by molar-refractivity contribution is -0.117. The summed E-state index contributed by atoms with van der Waals surface area (Å²) < 4.78 is 5.51. The van der Waals surface area contributed by atoms with Crippen molar-refractivity contribution in [2.75, 3.05) is 17.7 Å². The van der Waals surface area contributed by atoms with Gasteiger partial charge in [0.05, 0.1) is 18.0 Å². The minimum atomic E-state index is -0.179. The number of thioether (sulfide) groups is 1. The van der Waals surface area contributed by atoms with Gasteiger partial charge in [-0.2, -0.15) is 0 Å². The lowest BCUT2D eigenvalue weighted by Crippen LogP contribution is -2.35. The number of thiocarbonyl (C=S) groups is 1. The van der Waals surface area contributed by atoms with Crippen molar-refractivity contribution >= 4 is 52.3 Å². The summed E-state index contributed by atoms with van der Waals surface area (Å²) in [5, 5.41) is 6.55. The Bertz CT molecular complexity index is 708. The number of carbonyl (C=O) groups excluding carboxylic acids is 1. The fraction of sp³-hybridized carbons (Fsp3) is 0.176. The summed E-state index contributed by atoms with van der Waals surface area (Å²) >= 11 is 12.4. The van der Waals surface area contributed by atoms with Crippen LogP contribution in [0.1, 0.15) is 6.92 Å². The number of amides is 1. The molecule has 0 aliphatic rings. The summed E-state index contributed by atoms with van der Waals surface area (Å²) in [4.78, 5) is 12.9. The number of carbonyl (C=O) groups is 1. The van der Waals surface area contributed by atoms with E-state index in [1.165, 1.54) is 11.8 Å². The van der Waals surface area contributed by atoms with Crippen molar-refractivity contribution in [3.05, 3.63) is 53.6 Å². The molecule has 126 valence electrons. The number of hydrogen-bond donors (Lipinski definition) is 2. The molecular weight excluding hydrogens is 364 g/mol. The standard InChI is InChI=1S/C17H17ClN2O2S2/c1-2-22-15-6-4-3-5-14(15)19-17(23)20-16(21)11-24-13-9-7-12(18)8-10-13/h3-10H,2,11H2,1H3,(H2,19,20,21,23). The second-order valence-corrected chi connectivity index (χ2v) is 6.57. The lowest BCUT2D eigenvalue weighted by atomic mass is 10.3. The first-order valence-electron chi connectivity index (χ1n) is 7.29. The summed E-state index contributed by atoms with van der Waals surface area (Å²) in [6.45, 7) is 2.46. The highest BCUT2D eigenvalue weighted by atomic mass is 35.5. The minimum absolute atomic E-state index is 0.179. The largest absolute Gasteiger partial charge is 0.492 e. The SMILES string of the molecule is CCOc1ccccc1NC(=S)NC(=O)CSc1ccc(Cl)cc1. The van der Waals surface area contributed by atoms with Crippen LogP contribution in [0.2, 0.25) is 5.02 Å². The van der Waals surface area contributed by atoms with Crippen LogP contribution < -0.4 is 15.4 Å². The molecule has 0 aromatic heterocycles. The van der Waals surface area contributed by atoms with Gasteiger partial charge in [-0.1, -0.05) is 23.7 Å². The number of para-hydroxylation sites is 2. The van der Waals surface area contributed by atoms with Crippen LogP contribution in [-0.4, -0.2) is 23.4 Å². The summed E-state index contributed by atoms with van der Waals surface area (Å²) in [6.07, 6.45) is 0. The zero-order chi connectivity index (χ0) is 17.4. The molecule has 2 aromatic rings. The highest BCUT2D eigenvalue weighted by Crippen LogP contribution is 2.23. The van der Waals surface area contributed by atoms with E-state index in [4.69, 9.17) is 28.6 Å². The molecule has 0 atom stereocenters. The number of halogens is 1. The summed E-state index contributed by atoms with van der Waals surface area (Å²) in [7, 11) is 0. The van der Waals surface area contributed by atoms with Crippen molar-refractivity contribution in [3.63, 3.8) is 0 Å². The van der Waals surface area contributed by atoms with Crippen molar-refractivity contribution in [2.45, 2.75) is 11.8 Å². The highest BCUT2D eigenvalue weighted by Gasteiger charge is 2.08. The van der Waals surface area contributed by atoms with Crippen LogP contribution in [0.25, 0.3) is 0 Å². The molecule has 0 spiro atoms. The van der Waals surface area contributed by atoms with Crippen LogP contribution >= 0.6 is 35.6 Å². The van der Waals surface area contributed by atoms with E-state index in [2.05, 4.69) is 10.6 Å². The van der Waals surface area contributed by atoms with Crippen LogP contribution in [0.5, 0.6) is 5.75 Å². The number of hydrogen-bond acceptors (Lipinski definition) is 4. The Balaban J connectivity index is 1.83. The maximum absolute atomic E-state index is 12.0. The maximum Gasteiger partial charge on any atom is 0.236 e. The quantitative estimate of drug-likeness (QED) is 0.576. The van der Waals surface area contributed by atoms with Gasteiger partial charge in [-0.3, -0.25) is 4.79 Å². The number of rotatable bonds is 6. The van der Waals surface area contributed by atoms with Gasteiger partial charge in [-0.15, -0.1) is 11.8 Å². The zero-order valence-electron chi connectivity index (χ0n) is 13.0. The first kappa shape index (κ1) is 18.6. The zero-order valence-corrected chi connectivity index (χ0v) is 15.4. The number of benzene rings is 2. The van der Waals surface area contributed by atoms with Gasteiger partial charge in [0.1, 0.15) is 5.75 Å². The summed E-state index contributed by atoms with van der Waals surface area (Å²) in [6, 6.07) is 14.7. The third kappa shape index (κ3) is 6.03. The molecule has 1 amide bonds. The van der Waals surface area contributed by atoms with Crippen molar-refractivity contribution in [2.24, 2.45) is 0 Å². The van der Waals surface area contributed by atoms with E-state index in [0.29, 0.717) is 17.4 Å². The minimum Gasteiger partial charge on any atom is -0.492 e. The summed E-state index contributed by atoms with van der Waals surface area (Å²) in [5.74, 6) is 0.768. The van der Waals surface area contributed by atoms with Gasteiger partial charge in [-0.25, -0.2) is 0 Å². The van der Waals surface area contributed by atoms with E-state index in [-0.39, 0.29) is 16.8 Å². The summed E-state index contributed by atoms with van der Waals surface area (Å²) in [5.41, 5.74) is 0.718. The van der Waals surface area contributed by atoms with Gasteiger partial charge < -0.3 is 15.4 Å². The molecule has 0 fully saturated rings. The highest BCUT2D eigenvalue weighted by molar-refractivity contribution is 8.00. The number of anilines is 1. The first-order chi connectivity index (χ1) is 11.6. The predicted molar refractivity (Wildman–Crippen MR) is 104 cm³/mol. The van der Waals surface area contributed by atoms with Crippen LogP contribution in [0, 0.1) is 0 Å². The molecule has 0 radical (unpaired) electrons. The van der Waals surface area contributed by atoms with E-state index >= 15 is 0 Å². The average Bonchev–Trinajstić information content (AvgIpc) is 2.56. The fourth-order valence-corrected chi connectivity index (χ4v) is 2.90. The maximum atomic E-state index is 12.0. The number of nitrogens with one attached hydrogen (secondary N) is 2. The molecule has 0 aliphatic carbocycles.